The maximum Gasteiger partial charge on any atom is 0.326 e. The molecule has 1 saturated heterocycles. The molecule has 14 nitrogen and oxygen atoms in total. The second-order valence-electron chi connectivity index (χ2n) is 9.06. The molecule has 208 valence electrons. The molecule has 14 heteroatoms. The Morgan fingerprint density at radius 2 is 1.63 bits per heavy atom. The third-order valence-corrected chi connectivity index (χ3v) is 6.13. The van der Waals surface area contributed by atoms with Gasteiger partial charge in [-0.15, -0.1) is 0 Å². The largest absolute Gasteiger partial charge is 0.508 e. The SMILES string of the molecule is NC(=O)CCC(N)C(=O)N1CCCC1C(=O)NC(CCC(=O)O)C(=O)NC(Cc1ccc(O)cc1)C(=O)O. The smallest absolute Gasteiger partial charge is 0.326 e. The number of aromatic hydroxyl groups is 1. The minimum Gasteiger partial charge on any atom is -0.508 e. The van der Waals surface area contributed by atoms with Gasteiger partial charge in [-0.05, 0) is 43.4 Å². The molecule has 0 aliphatic carbocycles. The fraction of sp³-hybridized carbons (Fsp3) is 0.500. The summed E-state index contributed by atoms with van der Waals surface area (Å²) in [5, 5.41) is 32.9. The van der Waals surface area contributed by atoms with Crippen LogP contribution in [0.15, 0.2) is 24.3 Å². The van der Waals surface area contributed by atoms with Crippen LogP contribution in [0.3, 0.4) is 0 Å². The van der Waals surface area contributed by atoms with Gasteiger partial charge in [0.15, 0.2) is 0 Å². The number of nitrogens with one attached hydrogen (secondary N) is 2. The number of benzene rings is 1. The summed E-state index contributed by atoms with van der Waals surface area (Å²) in [6.07, 6.45) is -0.298. The number of hydrogen-bond donors (Lipinski definition) is 7. The normalized spacial score (nSPS) is 17.2. The molecular weight excluding hydrogens is 502 g/mol. The molecule has 4 unspecified atom stereocenters. The van der Waals surface area contributed by atoms with Crippen molar-refractivity contribution in [3.05, 3.63) is 29.8 Å². The first-order chi connectivity index (χ1) is 17.9. The van der Waals surface area contributed by atoms with Gasteiger partial charge in [0.25, 0.3) is 0 Å². The number of primary amides is 1. The van der Waals surface area contributed by atoms with E-state index in [-0.39, 0.29) is 44.4 Å². The Morgan fingerprint density at radius 1 is 0.974 bits per heavy atom. The topological polar surface area (TPSA) is 242 Å². The number of amides is 4. The highest BCUT2D eigenvalue weighted by atomic mass is 16.4. The average Bonchev–Trinajstić information content (AvgIpc) is 3.35. The molecule has 1 fully saturated rings. The van der Waals surface area contributed by atoms with Crippen molar-refractivity contribution in [1.29, 1.82) is 0 Å². The lowest BCUT2D eigenvalue weighted by atomic mass is 10.0. The van der Waals surface area contributed by atoms with Crippen LogP contribution in [0.5, 0.6) is 5.75 Å². The van der Waals surface area contributed by atoms with Gasteiger partial charge in [-0.2, -0.15) is 0 Å². The van der Waals surface area contributed by atoms with Crippen LogP contribution in [0.2, 0.25) is 0 Å². The van der Waals surface area contributed by atoms with Crippen molar-refractivity contribution in [2.75, 3.05) is 6.54 Å². The van der Waals surface area contributed by atoms with Crippen molar-refractivity contribution in [1.82, 2.24) is 15.5 Å². The number of phenolic OH excluding ortho intramolecular Hbond substituents is 1. The first-order valence-electron chi connectivity index (χ1n) is 12.1. The Balaban J connectivity index is 2.12. The molecule has 0 aromatic heterocycles. The Morgan fingerprint density at radius 3 is 2.21 bits per heavy atom. The van der Waals surface area contributed by atoms with E-state index in [1.807, 2.05) is 0 Å². The molecule has 0 spiro atoms. The fourth-order valence-corrected chi connectivity index (χ4v) is 4.08. The van der Waals surface area contributed by atoms with Crippen molar-refractivity contribution in [3.63, 3.8) is 0 Å². The Bertz CT molecular complexity index is 1050. The van der Waals surface area contributed by atoms with Crippen LogP contribution >= 0.6 is 0 Å². The van der Waals surface area contributed by atoms with Crippen molar-refractivity contribution in [3.8, 4) is 5.75 Å². The predicted octanol–water partition coefficient (Wildman–Crippen LogP) is -1.56. The minimum atomic E-state index is -1.40. The second-order valence-corrected chi connectivity index (χ2v) is 9.06. The molecule has 1 aliphatic rings. The molecular formula is C24H33N5O9. The van der Waals surface area contributed by atoms with Crippen molar-refractivity contribution < 1.29 is 44.1 Å². The Labute approximate surface area is 218 Å². The molecule has 38 heavy (non-hydrogen) atoms. The number of rotatable bonds is 14. The molecule has 4 atom stereocenters. The highest BCUT2D eigenvalue weighted by Gasteiger charge is 2.38. The van der Waals surface area contributed by atoms with Crippen LogP contribution in [0.25, 0.3) is 0 Å². The fourth-order valence-electron chi connectivity index (χ4n) is 4.08. The summed E-state index contributed by atoms with van der Waals surface area (Å²) in [6.45, 7) is 0.223. The van der Waals surface area contributed by atoms with E-state index in [0.717, 1.165) is 0 Å². The molecule has 1 aromatic carbocycles. The molecule has 4 amide bonds. The number of carbonyl (C=O) groups excluding carboxylic acids is 4. The summed E-state index contributed by atoms with van der Waals surface area (Å²) >= 11 is 0. The number of hydrogen-bond acceptors (Lipinski definition) is 8. The molecule has 0 bridgehead atoms. The molecule has 0 radical (unpaired) electrons. The third kappa shape index (κ3) is 9.03. The van der Waals surface area contributed by atoms with Gasteiger partial charge in [-0.1, -0.05) is 12.1 Å². The van der Waals surface area contributed by atoms with E-state index in [2.05, 4.69) is 10.6 Å². The van der Waals surface area contributed by atoms with Crippen LogP contribution in [0.1, 0.15) is 44.1 Å². The quantitative estimate of drug-likeness (QED) is 0.144. The van der Waals surface area contributed by atoms with Crippen LogP contribution < -0.4 is 22.1 Å². The number of nitrogens with zero attached hydrogens (tertiary/aromatic N) is 1. The van der Waals surface area contributed by atoms with E-state index in [4.69, 9.17) is 16.6 Å². The number of phenols is 1. The third-order valence-electron chi connectivity index (χ3n) is 6.13. The van der Waals surface area contributed by atoms with E-state index in [0.29, 0.717) is 12.0 Å². The Kier molecular flexibility index (Phi) is 11.0. The van der Waals surface area contributed by atoms with Gasteiger partial charge in [0.05, 0.1) is 6.04 Å². The highest BCUT2D eigenvalue weighted by molar-refractivity contribution is 5.94. The van der Waals surface area contributed by atoms with Gasteiger partial charge in [0.2, 0.25) is 23.6 Å². The average molecular weight is 536 g/mol. The number of likely N-dealkylation sites (tertiary alicyclic amines) is 1. The summed E-state index contributed by atoms with van der Waals surface area (Å²) in [6, 6.07) is 0.876. The van der Waals surface area contributed by atoms with E-state index < -0.39 is 66.2 Å². The van der Waals surface area contributed by atoms with Gasteiger partial charge in [0, 0.05) is 25.8 Å². The van der Waals surface area contributed by atoms with E-state index in [1.165, 1.54) is 29.2 Å². The maximum absolute atomic E-state index is 13.1. The minimum absolute atomic E-state index is 0.000254. The van der Waals surface area contributed by atoms with Crippen LogP contribution in [-0.2, 0) is 35.2 Å². The van der Waals surface area contributed by atoms with Crippen LogP contribution in [-0.4, -0.2) is 86.5 Å². The van der Waals surface area contributed by atoms with Gasteiger partial charge in [-0.25, -0.2) is 4.79 Å². The standard InChI is InChI=1S/C24H33N5O9/c25-15(7-9-19(26)31)23(36)29-11-1-2-18(29)22(35)27-16(8-10-20(32)33)21(34)28-17(24(37)38)12-13-3-5-14(30)6-4-13/h3-6,15-18,30H,1-2,7-12,25H2,(H2,26,31)(H,27,35)(H,28,34)(H,32,33)(H,37,38). The van der Waals surface area contributed by atoms with E-state index in [9.17, 15) is 39.0 Å². The molecule has 9 N–H and O–H groups in total. The number of carboxylic acids is 2. The van der Waals surface area contributed by atoms with Crippen molar-refractivity contribution in [2.24, 2.45) is 11.5 Å². The summed E-state index contributed by atoms with van der Waals surface area (Å²) in [5.41, 5.74) is 11.5. The molecule has 1 aliphatic heterocycles. The number of aliphatic carboxylic acids is 2. The zero-order valence-corrected chi connectivity index (χ0v) is 20.7. The number of carbonyl (C=O) groups is 6. The second kappa shape index (κ2) is 13.9. The first-order valence-corrected chi connectivity index (χ1v) is 12.1. The lowest BCUT2D eigenvalue weighted by Crippen LogP contribution is -2.57. The van der Waals surface area contributed by atoms with Crippen molar-refractivity contribution >= 4 is 35.6 Å². The number of carboxylic acid groups (broad SMARTS) is 2. The first kappa shape index (κ1) is 30.0. The van der Waals surface area contributed by atoms with Gasteiger partial charge in [-0.3, -0.25) is 24.0 Å². The van der Waals surface area contributed by atoms with E-state index in [1.54, 1.807) is 0 Å². The summed E-state index contributed by atoms with van der Waals surface area (Å²) < 4.78 is 0. The van der Waals surface area contributed by atoms with Gasteiger partial charge in [0.1, 0.15) is 23.9 Å². The zero-order valence-electron chi connectivity index (χ0n) is 20.7. The lowest BCUT2D eigenvalue weighted by Gasteiger charge is -2.28. The lowest BCUT2D eigenvalue weighted by molar-refractivity contribution is -0.143. The maximum atomic E-state index is 13.1. The molecule has 1 aromatic rings. The molecule has 0 saturated carbocycles. The summed E-state index contributed by atoms with van der Waals surface area (Å²) in [5.74, 6) is -5.40. The predicted molar refractivity (Wildman–Crippen MR) is 131 cm³/mol. The van der Waals surface area contributed by atoms with E-state index >= 15 is 0 Å². The molecule has 2 rings (SSSR count). The Hall–Kier alpha value is -4.20. The van der Waals surface area contributed by atoms with Crippen molar-refractivity contribution in [2.45, 2.75) is 69.1 Å². The van der Waals surface area contributed by atoms with Gasteiger partial charge < -0.3 is 42.3 Å². The van der Waals surface area contributed by atoms with Crippen LogP contribution in [0.4, 0.5) is 0 Å². The zero-order chi connectivity index (χ0) is 28.4. The summed E-state index contributed by atoms with van der Waals surface area (Å²) in [7, 11) is 0. The van der Waals surface area contributed by atoms with Gasteiger partial charge >= 0.3 is 11.9 Å². The van der Waals surface area contributed by atoms with Crippen LogP contribution in [0, 0.1) is 0 Å². The highest BCUT2D eigenvalue weighted by Crippen LogP contribution is 2.20. The molecule has 1 heterocycles. The monoisotopic (exact) mass is 535 g/mol. The summed E-state index contributed by atoms with van der Waals surface area (Å²) in [4.78, 5) is 73.9. The number of nitrogens with two attached hydrogens (primary N) is 2.